The zero-order valence-corrected chi connectivity index (χ0v) is 19.1. The lowest BCUT2D eigenvalue weighted by atomic mass is 10.00. The second-order valence-corrected chi connectivity index (χ2v) is 7.88. The molecule has 5 rings (SSSR count). The summed E-state index contributed by atoms with van der Waals surface area (Å²) in [6, 6.07) is 15.2. The van der Waals surface area contributed by atoms with Crippen LogP contribution in [-0.2, 0) is 13.2 Å². The highest BCUT2D eigenvalue weighted by atomic mass is 19.1. The first-order chi connectivity index (χ1) is 17.4. The zero-order valence-electron chi connectivity index (χ0n) is 19.1. The van der Waals surface area contributed by atoms with Gasteiger partial charge >= 0.3 is 5.69 Å². The van der Waals surface area contributed by atoms with Crippen molar-refractivity contribution in [1.29, 1.82) is 0 Å². The van der Waals surface area contributed by atoms with Gasteiger partial charge in [0, 0.05) is 11.6 Å². The molecular weight excluding hydrogens is 467 g/mol. The van der Waals surface area contributed by atoms with Crippen molar-refractivity contribution in [2.75, 3.05) is 18.6 Å². The third kappa shape index (κ3) is 3.99. The van der Waals surface area contributed by atoms with E-state index < -0.39 is 11.5 Å². The summed E-state index contributed by atoms with van der Waals surface area (Å²) in [5.41, 5.74) is 14.4. The maximum Gasteiger partial charge on any atom is 0.353 e. The zero-order chi connectivity index (χ0) is 25.4. The normalized spacial score (nSPS) is 11.2. The molecule has 182 valence electrons. The number of aromatic nitrogens is 6. The molecule has 12 heteroatoms. The van der Waals surface area contributed by atoms with Gasteiger partial charge in [-0.1, -0.05) is 30.3 Å². The molecule has 1 aromatic carbocycles. The molecule has 11 nitrogen and oxygen atoms in total. The van der Waals surface area contributed by atoms with E-state index in [1.54, 1.807) is 12.1 Å². The van der Waals surface area contributed by atoms with Crippen LogP contribution < -0.4 is 21.9 Å². The van der Waals surface area contributed by atoms with Gasteiger partial charge in [-0.3, -0.25) is 0 Å². The fourth-order valence-corrected chi connectivity index (χ4v) is 3.91. The summed E-state index contributed by atoms with van der Waals surface area (Å²) in [6.07, 6.45) is 0. The Kier molecular flexibility index (Phi) is 5.78. The summed E-state index contributed by atoms with van der Waals surface area (Å²) in [5.74, 6) is -0.745. The van der Waals surface area contributed by atoms with Crippen LogP contribution in [0.5, 0.6) is 5.88 Å². The highest BCUT2D eigenvalue weighted by Gasteiger charge is 2.23. The number of fused-ring (bicyclic) bond motifs is 1. The van der Waals surface area contributed by atoms with E-state index in [9.17, 15) is 14.3 Å². The minimum Gasteiger partial charge on any atom is -0.481 e. The van der Waals surface area contributed by atoms with Crippen molar-refractivity contribution in [3.05, 3.63) is 82.3 Å². The smallest absolute Gasteiger partial charge is 0.353 e. The predicted octanol–water partition coefficient (Wildman–Crippen LogP) is 1.87. The highest BCUT2D eigenvalue weighted by molar-refractivity contribution is 5.91. The van der Waals surface area contributed by atoms with Crippen molar-refractivity contribution in [2.45, 2.75) is 13.2 Å². The molecule has 0 saturated heterocycles. The Morgan fingerprint density at radius 3 is 2.47 bits per heavy atom. The second kappa shape index (κ2) is 9.07. The maximum absolute atomic E-state index is 13.6. The molecule has 0 aliphatic heterocycles. The molecule has 0 spiro atoms. The number of hydrogen-bond acceptors (Lipinski definition) is 9. The third-order valence-corrected chi connectivity index (χ3v) is 5.56. The van der Waals surface area contributed by atoms with Crippen molar-refractivity contribution in [1.82, 2.24) is 29.1 Å². The first-order valence-corrected chi connectivity index (χ1v) is 10.8. The van der Waals surface area contributed by atoms with Crippen LogP contribution in [0.3, 0.4) is 0 Å². The largest absolute Gasteiger partial charge is 0.481 e. The molecule has 4 aromatic heterocycles. The Balaban J connectivity index is 1.80. The number of pyridine rings is 2. The van der Waals surface area contributed by atoms with Gasteiger partial charge in [-0.2, -0.15) is 0 Å². The van der Waals surface area contributed by atoms with Gasteiger partial charge in [-0.15, -0.1) is 5.10 Å². The standard InChI is InChI=1S/C24H21FN8O3/c1-36-18-10-14(9-16(12-34)28-18)19-20(13-5-3-2-4-6-13)30-23(27)33-22(19)31-32(24(33)35)11-15-7-8-17(25)21(26)29-15/h2-10,34H,11-12H2,1H3,(H2,26,29)(H2,27,30). The van der Waals surface area contributed by atoms with Crippen LogP contribution >= 0.6 is 0 Å². The Morgan fingerprint density at radius 1 is 1.00 bits per heavy atom. The van der Waals surface area contributed by atoms with Crippen LogP contribution in [0, 0.1) is 5.82 Å². The number of methoxy groups -OCH3 is 1. The number of ether oxygens (including phenoxy) is 1. The van der Waals surface area contributed by atoms with Gasteiger partial charge < -0.3 is 21.3 Å². The van der Waals surface area contributed by atoms with E-state index in [1.807, 2.05) is 30.3 Å². The first kappa shape index (κ1) is 22.9. The lowest BCUT2D eigenvalue weighted by Crippen LogP contribution is -2.24. The Labute approximate surface area is 203 Å². The van der Waals surface area contributed by atoms with Crippen molar-refractivity contribution >= 4 is 17.4 Å². The molecule has 0 bridgehead atoms. The van der Waals surface area contributed by atoms with E-state index >= 15 is 0 Å². The number of nitrogens with zero attached hydrogens (tertiary/aromatic N) is 6. The number of aliphatic hydroxyl groups is 1. The quantitative estimate of drug-likeness (QED) is 0.324. The van der Waals surface area contributed by atoms with Gasteiger partial charge in [0.1, 0.15) is 0 Å². The Hall–Kier alpha value is -4.84. The second-order valence-electron chi connectivity index (χ2n) is 7.88. The number of rotatable bonds is 6. The summed E-state index contributed by atoms with van der Waals surface area (Å²) >= 11 is 0. The average Bonchev–Trinajstić information content (AvgIpc) is 3.22. The Morgan fingerprint density at radius 2 is 1.78 bits per heavy atom. The van der Waals surface area contributed by atoms with Gasteiger partial charge in [0.05, 0.1) is 42.9 Å². The van der Waals surface area contributed by atoms with Crippen LogP contribution in [0.15, 0.2) is 59.4 Å². The minimum absolute atomic E-state index is 0.0705. The minimum atomic E-state index is -0.657. The summed E-state index contributed by atoms with van der Waals surface area (Å²) in [4.78, 5) is 26.1. The molecule has 0 aliphatic carbocycles. The average molecular weight is 488 g/mol. The molecule has 0 saturated carbocycles. The summed E-state index contributed by atoms with van der Waals surface area (Å²) in [5, 5.41) is 14.3. The molecule has 0 atom stereocenters. The summed E-state index contributed by atoms with van der Waals surface area (Å²) in [7, 11) is 1.46. The van der Waals surface area contributed by atoms with E-state index in [-0.39, 0.29) is 36.4 Å². The SMILES string of the molecule is COc1cc(-c2c(-c3ccccc3)nc(N)n3c(=O)n(Cc4ccc(F)c(N)n4)nc23)cc(CO)n1. The molecule has 5 N–H and O–H groups in total. The van der Waals surface area contributed by atoms with Crippen LogP contribution in [0.4, 0.5) is 16.2 Å². The van der Waals surface area contributed by atoms with Crippen molar-refractivity contribution in [3.63, 3.8) is 0 Å². The Bertz CT molecular complexity index is 1630. The monoisotopic (exact) mass is 488 g/mol. The van der Waals surface area contributed by atoms with Crippen LogP contribution in [0.1, 0.15) is 11.4 Å². The van der Waals surface area contributed by atoms with E-state index in [0.717, 1.165) is 10.2 Å². The van der Waals surface area contributed by atoms with Gasteiger partial charge in [0.25, 0.3) is 0 Å². The van der Waals surface area contributed by atoms with Crippen LogP contribution in [-0.4, -0.2) is 41.3 Å². The molecule has 0 aliphatic rings. The molecule has 5 aromatic rings. The number of anilines is 2. The van der Waals surface area contributed by atoms with Crippen LogP contribution in [0.25, 0.3) is 28.0 Å². The van der Waals surface area contributed by atoms with Crippen molar-refractivity contribution < 1.29 is 14.2 Å². The molecular formula is C24H21FN8O3. The number of aliphatic hydroxyl groups excluding tert-OH is 1. The molecule has 0 unspecified atom stereocenters. The van der Waals surface area contributed by atoms with Crippen LogP contribution in [0.2, 0.25) is 0 Å². The third-order valence-electron chi connectivity index (χ3n) is 5.56. The van der Waals surface area contributed by atoms with Gasteiger partial charge in [-0.25, -0.2) is 33.2 Å². The first-order valence-electron chi connectivity index (χ1n) is 10.8. The lowest BCUT2D eigenvalue weighted by Gasteiger charge is -2.13. The van der Waals surface area contributed by atoms with E-state index in [1.165, 1.54) is 23.6 Å². The fraction of sp³-hybridized carbons (Fsp3) is 0.125. The molecule has 4 heterocycles. The summed E-state index contributed by atoms with van der Waals surface area (Å²) in [6.45, 7) is -0.408. The number of benzene rings is 1. The van der Waals surface area contributed by atoms with E-state index in [2.05, 4.69) is 20.1 Å². The molecule has 0 fully saturated rings. The molecule has 0 amide bonds. The highest BCUT2D eigenvalue weighted by Crippen LogP contribution is 2.35. The number of halogens is 1. The van der Waals surface area contributed by atoms with Gasteiger partial charge in [0.2, 0.25) is 11.8 Å². The predicted molar refractivity (Wildman–Crippen MR) is 131 cm³/mol. The fourth-order valence-electron chi connectivity index (χ4n) is 3.91. The van der Waals surface area contributed by atoms with E-state index in [0.29, 0.717) is 28.2 Å². The van der Waals surface area contributed by atoms with Gasteiger partial charge in [-0.05, 0) is 23.8 Å². The van der Waals surface area contributed by atoms with E-state index in [4.69, 9.17) is 16.2 Å². The number of hydrogen-bond donors (Lipinski definition) is 3. The van der Waals surface area contributed by atoms with Gasteiger partial charge in [0.15, 0.2) is 17.3 Å². The lowest BCUT2D eigenvalue weighted by molar-refractivity contribution is 0.274. The summed E-state index contributed by atoms with van der Waals surface area (Å²) < 4.78 is 21.2. The van der Waals surface area contributed by atoms with Crippen molar-refractivity contribution in [2.24, 2.45) is 0 Å². The number of nitrogens with two attached hydrogens (primary N) is 2. The topological polar surface area (TPSA) is 159 Å². The number of nitrogen functional groups attached to an aromatic ring is 2. The molecule has 36 heavy (non-hydrogen) atoms. The van der Waals surface area contributed by atoms with Crippen molar-refractivity contribution in [3.8, 4) is 28.3 Å². The maximum atomic E-state index is 13.6. The molecule has 0 radical (unpaired) electrons.